The molecule has 104 valence electrons. The van der Waals surface area contributed by atoms with Gasteiger partial charge in [0.25, 0.3) is 0 Å². The van der Waals surface area contributed by atoms with Gasteiger partial charge in [-0.3, -0.25) is 4.79 Å². The molecule has 0 amide bonds. The quantitative estimate of drug-likeness (QED) is 0.826. The number of Topliss-reactive ketones (excluding diaryl/α,β-unsaturated/α-hetero) is 1. The molecule has 1 unspecified atom stereocenters. The molecule has 19 heavy (non-hydrogen) atoms. The predicted molar refractivity (Wildman–Crippen MR) is 64.6 cm³/mol. The number of hydrogen-bond acceptors (Lipinski definition) is 6. The van der Waals surface area contributed by atoms with Crippen molar-refractivity contribution in [2.75, 3.05) is 20.3 Å². The van der Waals surface area contributed by atoms with Gasteiger partial charge in [0.05, 0.1) is 13.2 Å². The van der Waals surface area contributed by atoms with Crippen LogP contribution in [0.15, 0.2) is 4.52 Å². The summed E-state index contributed by atoms with van der Waals surface area (Å²) in [4.78, 5) is 16.2. The van der Waals surface area contributed by atoms with Crippen molar-refractivity contribution in [1.82, 2.24) is 10.1 Å². The first-order chi connectivity index (χ1) is 9.25. The van der Waals surface area contributed by atoms with Crippen LogP contribution in [0.25, 0.3) is 0 Å². The van der Waals surface area contributed by atoms with Gasteiger partial charge in [-0.2, -0.15) is 4.98 Å². The SMILES string of the molecule is COC1(c2noc(C3COCCC3=O)n2)CCCC1. The van der Waals surface area contributed by atoms with Crippen LogP contribution in [0.2, 0.25) is 0 Å². The molecule has 1 aromatic heterocycles. The van der Waals surface area contributed by atoms with Crippen molar-refractivity contribution in [3.8, 4) is 0 Å². The highest BCUT2D eigenvalue weighted by atomic mass is 16.5. The van der Waals surface area contributed by atoms with Gasteiger partial charge in [0.15, 0.2) is 0 Å². The lowest BCUT2D eigenvalue weighted by Gasteiger charge is -2.23. The molecule has 0 N–H and O–H groups in total. The average Bonchev–Trinajstić information content (AvgIpc) is 3.09. The Morgan fingerprint density at radius 3 is 2.84 bits per heavy atom. The molecule has 2 heterocycles. The zero-order valence-corrected chi connectivity index (χ0v) is 11.1. The van der Waals surface area contributed by atoms with Crippen molar-refractivity contribution in [2.45, 2.75) is 43.6 Å². The van der Waals surface area contributed by atoms with E-state index in [0.29, 0.717) is 31.3 Å². The molecule has 2 fully saturated rings. The number of nitrogens with zero attached hydrogens (tertiary/aromatic N) is 2. The van der Waals surface area contributed by atoms with Gasteiger partial charge in [0, 0.05) is 13.5 Å². The number of aromatic nitrogens is 2. The maximum atomic E-state index is 11.8. The van der Waals surface area contributed by atoms with Crippen LogP contribution in [0.3, 0.4) is 0 Å². The number of ether oxygens (including phenoxy) is 2. The van der Waals surface area contributed by atoms with E-state index in [4.69, 9.17) is 14.0 Å². The molecule has 1 saturated carbocycles. The number of hydrogen-bond donors (Lipinski definition) is 0. The normalized spacial score (nSPS) is 26.8. The Bertz CT molecular complexity index is 465. The Morgan fingerprint density at radius 2 is 2.16 bits per heavy atom. The van der Waals surface area contributed by atoms with Gasteiger partial charge in [-0.05, 0) is 25.7 Å². The number of carbonyl (C=O) groups is 1. The van der Waals surface area contributed by atoms with Crippen LogP contribution in [-0.2, 0) is 19.9 Å². The molecular formula is C13H18N2O4. The number of carbonyl (C=O) groups excluding carboxylic acids is 1. The van der Waals surface area contributed by atoms with Crippen molar-refractivity contribution >= 4 is 5.78 Å². The Kier molecular flexibility index (Phi) is 3.36. The van der Waals surface area contributed by atoms with Gasteiger partial charge in [0.1, 0.15) is 17.3 Å². The smallest absolute Gasteiger partial charge is 0.239 e. The summed E-state index contributed by atoms with van der Waals surface area (Å²) in [6, 6.07) is 0. The van der Waals surface area contributed by atoms with E-state index in [9.17, 15) is 4.79 Å². The molecule has 2 aliphatic rings. The molecule has 0 bridgehead atoms. The highest BCUT2D eigenvalue weighted by molar-refractivity contribution is 5.85. The zero-order valence-electron chi connectivity index (χ0n) is 11.1. The molecule has 3 rings (SSSR count). The van der Waals surface area contributed by atoms with Gasteiger partial charge in [-0.25, -0.2) is 0 Å². The second-order valence-corrected chi connectivity index (χ2v) is 5.21. The molecule has 1 aromatic rings. The van der Waals surface area contributed by atoms with E-state index in [2.05, 4.69) is 10.1 Å². The van der Waals surface area contributed by atoms with Crippen molar-refractivity contribution in [3.63, 3.8) is 0 Å². The second-order valence-electron chi connectivity index (χ2n) is 5.21. The van der Waals surface area contributed by atoms with Crippen LogP contribution in [-0.4, -0.2) is 36.2 Å². The summed E-state index contributed by atoms with van der Waals surface area (Å²) in [5.41, 5.74) is -0.430. The van der Waals surface area contributed by atoms with Crippen LogP contribution in [0, 0.1) is 0 Å². The van der Waals surface area contributed by atoms with Crippen LogP contribution in [0.5, 0.6) is 0 Å². The predicted octanol–water partition coefficient (Wildman–Crippen LogP) is 1.56. The van der Waals surface area contributed by atoms with Gasteiger partial charge in [0.2, 0.25) is 11.7 Å². The van der Waals surface area contributed by atoms with Gasteiger partial charge < -0.3 is 14.0 Å². The standard InChI is InChI=1S/C13H18N2O4/c1-17-13(5-2-3-6-13)12-14-11(19-15-12)9-8-18-7-4-10(9)16/h9H,2-8H2,1H3. The van der Waals surface area contributed by atoms with Crippen molar-refractivity contribution in [2.24, 2.45) is 0 Å². The Morgan fingerprint density at radius 1 is 1.37 bits per heavy atom. The summed E-state index contributed by atoms with van der Waals surface area (Å²) < 4.78 is 16.2. The molecule has 0 aromatic carbocycles. The lowest BCUT2D eigenvalue weighted by molar-refractivity contribution is -0.127. The minimum absolute atomic E-state index is 0.110. The molecule has 1 atom stereocenters. The minimum Gasteiger partial charge on any atom is -0.380 e. The monoisotopic (exact) mass is 266 g/mol. The van der Waals surface area contributed by atoms with Crippen LogP contribution in [0.1, 0.15) is 49.7 Å². The minimum atomic E-state index is -0.430. The highest BCUT2D eigenvalue weighted by Gasteiger charge is 2.41. The van der Waals surface area contributed by atoms with E-state index in [1.54, 1.807) is 7.11 Å². The molecular weight excluding hydrogens is 248 g/mol. The molecule has 1 saturated heterocycles. The maximum absolute atomic E-state index is 11.8. The Labute approximate surface area is 111 Å². The third-order valence-corrected chi connectivity index (χ3v) is 4.12. The van der Waals surface area contributed by atoms with Crippen LogP contribution < -0.4 is 0 Å². The van der Waals surface area contributed by atoms with Crippen LogP contribution >= 0.6 is 0 Å². The lowest BCUT2D eigenvalue weighted by Crippen LogP contribution is -2.27. The largest absolute Gasteiger partial charge is 0.380 e. The van der Waals surface area contributed by atoms with Crippen LogP contribution in [0.4, 0.5) is 0 Å². The molecule has 0 radical (unpaired) electrons. The van der Waals surface area contributed by atoms with Crippen molar-refractivity contribution in [1.29, 1.82) is 0 Å². The first-order valence-corrected chi connectivity index (χ1v) is 6.75. The molecule has 6 nitrogen and oxygen atoms in total. The lowest BCUT2D eigenvalue weighted by atomic mass is 9.99. The zero-order chi connectivity index (χ0) is 13.3. The fraction of sp³-hybridized carbons (Fsp3) is 0.769. The Balaban J connectivity index is 1.84. The third-order valence-electron chi connectivity index (χ3n) is 4.12. The fourth-order valence-corrected chi connectivity index (χ4v) is 2.88. The van der Waals surface area contributed by atoms with Gasteiger partial charge in [-0.1, -0.05) is 5.16 Å². The van der Waals surface area contributed by atoms with Crippen molar-refractivity contribution in [3.05, 3.63) is 11.7 Å². The number of ketones is 1. The summed E-state index contributed by atoms with van der Waals surface area (Å²) >= 11 is 0. The summed E-state index contributed by atoms with van der Waals surface area (Å²) in [7, 11) is 1.68. The Hall–Kier alpha value is -1.27. The first-order valence-electron chi connectivity index (χ1n) is 6.75. The molecule has 1 aliphatic carbocycles. The summed E-state index contributed by atoms with van der Waals surface area (Å²) in [5.74, 6) is 0.633. The van der Waals surface area contributed by atoms with E-state index in [0.717, 1.165) is 25.7 Å². The fourth-order valence-electron chi connectivity index (χ4n) is 2.88. The number of methoxy groups -OCH3 is 1. The molecule has 1 aliphatic heterocycles. The van der Waals surface area contributed by atoms with Gasteiger partial charge in [-0.15, -0.1) is 0 Å². The van der Waals surface area contributed by atoms with E-state index < -0.39 is 11.5 Å². The topological polar surface area (TPSA) is 74.5 Å². The van der Waals surface area contributed by atoms with E-state index in [-0.39, 0.29) is 5.78 Å². The van der Waals surface area contributed by atoms with E-state index >= 15 is 0 Å². The summed E-state index contributed by atoms with van der Waals surface area (Å²) in [6.45, 7) is 0.818. The van der Waals surface area contributed by atoms with Gasteiger partial charge >= 0.3 is 0 Å². The second kappa shape index (κ2) is 5.02. The highest BCUT2D eigenvalue weighted by Crippen LogP contribution is 2.40. The average molecular weight is 266 g/mol. The third kappa shape index (κ3) is 2.19. The first kappa shape index (κ1) is 12.7. The van der Waals surface area contributed by atoms with E-state index in [1.807, 2.05) is 0 Å². The van der Waals surface area contributed by atoms with E-state index in [1.165, 1.54) is 0 Å². The maximum Gasteiger partial charge on any atom is 0.239 e. The summed E-state index contributed by atoms with van der Waals surface area (Å²) in [6.07, 6.45) is 4.42. The molecule has 0 spiro atoms. The molecule has 6 heteroatoms. The van der Waals surface area contributed by atoms with Crippen molar-refractivity contribution < 1.29 is 18.8 Å². The number of rotatable bonds is 3. The summed E-state index contributed by atoms with van der Waals surface area (Å²) in [5, 5.41) is 4.03.